The molecule has 1 radical (unpaired) electrons. The molecule has 0 saturated heterocycles. The van der Waals surface area contributed by atoms with Gasteiger partial charge in [0.05, 0.1) is 0 Å². The number of hydrogen-bond donors (Lipinski definition) is 1. The van der Waals surface area contributed by atoms with Crippen LogP contribution in [0.5, 0.6) is 0 Å². The molecule has 1 N–H and O–H groups in total. The molecule has 43 valence electrons. The van der Waals surface area contributed by atoms with E-state index in [4.69, 9.17) is 0 Å². The topological polar surface area (TPSA) is 12.0 Å². The molecule has 0 aliphatic rings. The molecule has 0 aromatic rings. The second-order valence-electron chi connectivity index (χ2n) is 1.59. The Hall–Kier alpha value is -0.0400. The highest BCUT2D eigenvalue weighted by Gasteiger charge is 1.79. The fraction of sp³-hybridized carbons (Fsp3) is 0.833. The van der Waals surface area contributed by atoms with Crippen molar-refractivity contribution in [1.82, 2.24) is 5.32 Å². The van der Waals surface area contributed by atoms with E-state index in [9.17, 15) is 0 Å². The van der Waals surface area contributed by atoms with Gasteiger partial charge in [-0.2, -0.15) is 0 Å². The second-order valence-corrected chi connectivity index (χ2v) is 1.59. The zero-order chi connectivity index (χ0) is 5.54. The van der Waals surface area contributed by atoms with Crippen molar-refractivity contribution in [3.8, 4) is 0 Å². The summed E-state index contributed by atoms with van der Waals surface area (Å²) in [4.78, 5) is 0. The minimum atomic E-state index is 1.12. The first-order valence-corrected chi connectivity index (χ1v) is 2.88. The van der Waals surface area contributed by atoms with E-state index in [0.29, 0.717) is 0 Å². The fourth-order valence-corrected chi connectivity index (χ4v) is 0.451. The lowest BCUT2D eigenvalue weighted by molar-refractivity contribution is 0.763. The number of hydrogen-bond acceptors (Lipinski definition) is 1. The zero-order valence-electron chi connectivity index (χ0n) is 5.20. The lowest BCUT2D eigenvalue weighted by Crippen LogP contribution is -2.06. The van der Waals surface area contributed by atoms with Crippen molar-refractivity contribution >= 4 is 0 Å². The monoisotopic (exact) mass is 100 g/mol. The van der Waals surface area contributed by atoms with Crippen LogP contribution in [0.25, 0.3) is 0 Å². The molecule has 1 nitrogen and oxygen atoms in total. The fourth-order valence-electron chi connectivity index (χ4n) is 0.451. The maximum Gasteiger partial charge on any atom is -0.00492 e. The molecule has 0 aromatic carbocycles. The molecule has 0 aliphatic carbocycles. The average molecular weight is 100 g/mol. The number of rotatable bonds is 4. The molecule has 0 bridgehead atoms. The van der Waals surface area contributed by atoms with Crippen molar-refractivity contribution in [2.45, 2.75) is 19.8 Å². The van der Waals surface area contributed by atoms with Gasteiger partial charge in [0, 0.05) is 0 Å². The molecule has 0 aliphatic heterocycles. The Kier molecular flexibility index (Phi) is 5.93. The van der Waals surface area contributed by atoms with Gasteiger partial charge in [-0.05, 0) is 26.4 Å². The largest absolute Gasteiger partial charge is 0.320 e. The zero-order valence-corrected chi connectivity index (χ0v) is 5.20. The minimum absolute atomic E-state index is 1.12. The van der Waals surface area contributed by atoms with Gasteiger partial charge >= 0.3 is 0 Å². The SMILES string of the molecule is CC[CH]CCNC. The molecule has 0 rings (SSSR count). The van der Waals surface area contributed by atoms with Crippen LogP contribution in [0, 0.1) is 6.42 Å². The Morgan fingerprint density at radius 2 is 2.29 bits per heavy atom. The van der Waals surface area contributed by atoms with Crippen LogP contribution in [0.15, 0.2) is 0 Å². The maximum absolute atomic E-state index is 3.07. The van der Waals surface area contributed by atoms with Gasteiger partial charge < -0.3 is 5.32 Å². The van der Waals surface area contributed by atoms with Crippen LogP contribution >= 0.6 is 0 Å². The van der Waals surface area contributed by atoms with Crippen molar-refractivity contribution in [3.05, 3.63) is 6.42 Å². The third-order valence-corrected chi connectivity index (χ3v) is 0.887. The van der Waals surface area contributed by atoms with Gasteiger partial charge in [0.25, 0.3) is 0 Å². The Labute approximate surface area is 46.1 Å². The Morgan fingerprint density at radius 3 is 2.71 bits per heavy atom. The normalized spacial score (nSPS) is 9.43. The van der Waals surface area contributed by atoms with Gasteiger partial charge in [-0.15, -0.1) is 0 Å². The van der Waals surface area contributed by atoms with Crippen LogP contribution in [0.1, 0.15) is 19.8 Å². The summed E-state index contributed by atoms with van der Waals surface area (Å²) in [7, 11) is 1.98. The summed E-state index contributed by atoms with van der Waals surface area (Å²) < 4.78 is 0. The quantitative estimate of drug-likeness (QED) is 0.524. The van der Waals surface area contributed by atoms with Gasteiger partial charge in [0.1, 0.15) is 0 Å². The molecule has 0 unspecified atom stereocenters. The number of nitrogens with one attached hydrogen (secondary N) is 1. The molecule has 0 atom stereocenters. The van der Waals surface area contributed by atoms with Gasteiger partial charge in [0.15, 0.2) is 0 Å². The first-order valence-electron chi connectivity index (χ1n) is 2.88. The molecule has 1 heteroatoms. The van der Waals surface area contributed by atoms with Gasteiger partial charge in [-0.25, -0.2) is 0 Å². The molecule has 0 amide bonds. The van der Waals surface area contributed by atoms with Crippen molar-refractivity contribution in [2.75, 3.05) is 13.6 Å². The molecule has 0 aromatic heterocycles. The molecule has 0 fully saturated rings. The second kappa shape index (κ2) is 5.96. The lowest BCUT2D eigenvalue weighted by atomic mass is 10.2. The van der Waals surface area contributed by atoms with E-state index in [1.807, 2.05) is 7.05 Å². The van der Waals surface area contributed by atoms with Crippen LogP contribution in [-0.2, 0) is 0 Å². The highest BCUT2D eigenvalue weighted by atomic mass is 14.8. The smallest absolute Gasteiger partial charge is 0.00492 e. The molecular formula is C6H14N. The van der Waals surface area contributed by atoms with Crippen molar-refractivity contribution in [2.24, 2.45) is 0 Å². The third kappa shape index (κ3) is 5.96. The van der Waals surface area contributed by atoms with Gasteiger partial charge in [-0.3, -0.25) is 0 Å². The summed E-state index contributed by atoms with van der Waals surface area (Å²) in [5, 5.41) is 3.07. The van der Waals surface area contributed by atoms with E-state index < -0.39 is 0 Å². The predicted molar refractivity (Wildman–Crippen MR) is 33.1 cm³/mol. The van der Waals surface area contributed by atoms with Crippen LogP contribution in [0.3, 0.4) is 0 Å². The summed E-state index contributed by atoms with van der Waals surface area (Å²) in [6, 6.07) is 0. The van der Waals surface area contributed by atoms with Crippen LogP contribution in [-0.4, -0.2) is 13.6 Å². The first-order chi connectivity index (χ1) is 3.41. The van der Waals surface area contributed by atoms with Gasteiger partial charge in [-0.1, -0.05) is 13.3 Å². The lowest BCUT2D eigenvalue weighted by Gasteiger charge is -1.92. The standard InChI is InChI=1S/C6H14N/c1-3-4-5-6-7-2/h4,7H,3,5-6H2,1-2H3. The van der Waals surface area contributed by atoms with E-state index >= 15 is 0 Å². The van der Waals surface area contributed by atoms with Gasteiger partial charge in [0.2, 0.25) is 0 Å². The van der Waals surface area contributed by atoms with Crippen LogP contribution < -0.4 is 5.32 Å². The molecule has 7 heavy (non-hydrogen) atoms. The summed E-state index contributed by atoms with van der Waals surface area (Å²) >= 11 is 0. The number of unbranched alkanes of at least 4 members (excludes halogenated alkanes) is 2. The molecule has 0 saturated carbocycles. The van der Waals surface area contributed by atoms with E-state index in [2.05, 4.69) is 18.7 Å². The third-order valence-electron chi connectivity index (χ3n) is 0.887. The van der Waals surface area contributed by atoms with Crippen LogP contribution in [0.4, 0.5) is 0 Å². The Morgan fingerprint density at radius 1 is 1.57 bits per heavy atom. The summed E-state index contributed by atoms with van der Waals surface area (Å²) in [5.74, 6) is 0. The highest BCUT2D eigenvalue weighted by molar-refractivity contribution is 4.61. The van der Waals surface area contributed by atoms with E-state index in [0.717, 1.165) is 6.54 Å². The average Bonchev–Trinajstić information content (AvgIpc) is 1.69. The van der Waals surface area contributed by atoms with Crippen LogP contribution in [0.2, 0.25) is 0 Å². The molecular weight excluding hydrogens is 86.1 g/mol. The molecule has 0 heterocycles. The van der Waals surface area contributed by atoms with E-state index in [-0.39, 0.29) is 0 Å². The van der Waals surface area contributed by atoms with E-state index in [1.165, 1.54) is 12.8 Å². The van der Waals surface area contributed by atoms with Crippen molar-refractivity contribution in [3.63, 3.8) is 0 Å². The Balaban J connectivity index is 2.45. The first kappa shape index (κ1) is 6.96. The maximum atomic E-state index is 3.07. The summed E-state index contributed by atoms with van der Waals surface area (Å²) in [6.07, 6.45) is 4.67. The predicted octanol–water partition coefficient (Wildman–Crippen LogP) is 1.21. The summed E-state index contributed by atoms with van der Waals surface area (Å²) in [5.41, 5.74) is 0. The summed E-state index contributed by atoms with van der Waals surface area (Å²) in [6.45, 7) is 3.28. The minimum Gasteiger partial charge on any atom is -0.320 e. The Bertz CT molecular complexity index is 23.4. The van der Waals surface area contributed by atoms with Crippen molar-refractivity contribution < 1.29 is 0 Å². The van der Waals surface area contributed by atoms with Crippen molar-refractivity contribution in [1.29, 1.82) is 0 Å². The molecule has 0 spiro atoms. The highest BCUT2D eigenvalue weighted by Crippen LogP contribution is 1.87. The van der Waals surface area contributed by atoms with E-state index in [1.54, 1.807) is 0 Å².